The van der Waals surface area contributed by atoms with Crippen molar-refractivity contribution in [3.63, 3.8) is 0 Å². The van der Waals surface area contributed by atoms with Gasteiger partial charge in [-0.2, -0.15) is 0 Å². The molecule has 0 amide bonds. The lowest BCUT2D eigenvalue weighted by Gasteiger charge is -2.39. The van der Waals surface area contributed by atoms with Gasteiger partial charge < -0.3 is 24.2 Å². The summed E-state index contributed by atoms with van der Waals surface area (Å²) in [4.78, 5) is 14.6. The number of rotatable bonds is 15. The van der Waals surface area contributed by atoms with Crippen molar-refractivity contribution in [1.82, 2.24) is 0 Å². The van der Waals surface area contributed by atoms with Gasteiger partial charge in [0, 0.05) is 33.8 Å². The number of carboxylic acids is 1. The van der Waals surface area contributed by atoms with Gasteiger partial charge in [0.15, 0.2) is 0 Å². The van der Waals surface area contributed by atoms with Crippen LogP contribution in [0, 0.1) is 0 Å². The second-order valence-electron chi connectivity index (χ2n) is 9.40. The zero-order valence-electron chi connectivity index (χ0n) is 22.4. The predicted octanol–water partition coefficient (Wildman–Crippen LogP) is 5.19. The van der Waals surface area contributed by atoms with Crippen LogP contribution in [0.5, 0.6) is 0 Å². The molecule has 0 saturated heterocycles. The fourth-order valence-electron chi connectivity index (χ4n) is 4.17. The van der Waals surface area contributed by atoms with Crippen LogP contribution in [0.4, 0.5) is 11.4 Å². The Morgan fingerprint density at radius 3 is 1.44 bits per heavy atom. The minimum Gasteiger partial charge on any atom is -0.545 e. The van der Waals surface area contributed by atoms with Gasteiger partial charge in [-0.15, -0.1) is 0 Å². The lowest BCUT2D eigenvalue weighted by atomic mass is 10.1. The maximum atomic E-state index is 10.9. The van der Waals surface area contributed by atoms with Crippen LogP contribution in [0.15, 0.2) is 18.2 Å². The first-order valence-electron chi connectivity index (χ1n) is 12.7. The van der Waals surface area contributed by atoms with E-state index < -0.39 is 5.97 Å². The number of hydrogen-bond donors (Lipinski definition) is 0. The number of quaternary nitrogens is 1. The molecule has 5 nitrogen and oxygen atoms in total. The third kappa shape index (κ3) is 10.7. The molecule has 0 aliphatic carbocycles. The summed E-state index contributed by atoms with van der Waals surface area (Å²) in [7, 11) is 7.38. The van der Waals surface area contributed by atoms with Gasteiger partial charge in [-0.1, -0.05) is 65.5 Å². The largest absolute Gasteiger partial charge is 0.545 e. The Morgan fingerprint density at radius 1 is 0.750 bits per heavy atom. The maximum Gasteiger partial charge on any atom is 0.0786 e. The molecule has 0 aromatic heterocycles. The lowest BCUT2D eigenvalue weighted by Crippen LogP contribution is -2.50. The molecule has 0 unspecified atom stereocenters. The Kier molecular flexibility index (Phi) is 15.9. The zero-order chi connectivity index (χ0) is 24.6. The summed E-state index contributed by atoms with van der Waals surface area (Å²) < 4.78 is 1.42. The third-order valence-corrected chi connectivity index (χ3v) is 6.11. The topological polar surface area (TPSA) is 46.6 Å². The van der Waals surface area contributed by atoms with Crippen molar-refractivity contribution in [3.8, 4) is 0 Å². The number of hydrogen-bond acceptors (Lipinski definition) is 4. The van der Waals surface area contributed by atoms with Crippen molar-refractivity contribution in [2.24, 2.45) is 0 Å². The molecule has 32 heavy (non-hydrogen) atoms. The van der Waals surface area contributed by atoms with Crippen LogP contribution in [0.25, 0.3) is 0 Å². The van der Waals surface area contributed by atoms with Crippen LogP contribution >= 0.6 is 0 Å². The molecule has 0 atom stereocenters. The summed E-state index contributed by atoms with van der Waals surface area (Å²) in [6, 6.07) is 5.15. The monoisotopic (exact) mass is 449 g/mol. The van der Waals surface area contributed by atoms with Crippen molar-refractivity contribution in [3.05, 3.63) is 23.8 Å². The van der Waals surface area contributed by atoms with Crippen molar-refractivity contribution < 1.29 is 14.4 Å². The van der Waals surface area contributed by atoms with Crippen molar-refractivity contribution in [2.45, 2.75) is 79.1 Å². The van der Waals surface area contributed by atoms with Gasteiger partial charge in [0.2, 0.25) is 0 Å². The van der Waals surface area contributed by atoms with E-state index in [-0.39, 0.29) is 5.56 Å². The average Bonchev–Trinajstić information content (AvgIpc) is 2.77. The quantitative estimate of drug-likeness (QED) is 0.346. The summed E-state index contributed by atoms with van der Waals surface area (Å²) >= 11 is 0. The second kappa shape index (κ2) is 16.8. The molecule has 0 N–H and O–H groups in total. The minimum absolute atomic E-state index is 0.214. The number of carbonyl (C=O) groups excluding carboxylic acids is 1. The molecule has 5 heteroatoms. The van der Waals surface area contributed by atoms with Crippen LogP contribution in [0.3, 0.4) is 0 Å². The number of carbonyl (C=O) groups is 1. The zero-order valence-corrected chi connectivity index (χ0v) is 22.4. The summed E-state index contributed by atoms with van der Waals surface area (Å²) in [5, 5.41) is 10.9. The Morgan fingerprint density at radius 2 is 1.16 bits per heavy atom. The van der Waals surface area contributed by atoms with E-state index in [4.69, 9.17) is 0 Å². The Bertz CT molecular complexity index is 592. The number of anilines is 2. The van der Waals surface area contributed by atoms with Gasteiger partial charge in [0.05, 0.1) is 43.5 Å². The summed E-state index contributed by atoms with van der Waals surface area (Å²) in [6.07, 6.45) is 11.1. The molecule has 1 aromatic carbocycles. The van der Waals surface area contributed by atoms with Gasteiger partial charge in [0.1, 0.15) is 0 Å². The summed E-state index contributed by atoms with van der Waals surface area (Å²) in [5.41, 5.74) is 1.75. The maximum absolute atomic E-state index is 10.9. The van der Waals surface area contributed by atoms with Crippen LogP contribution in [-0.4, -0.2) is 64.8 Å². The smallest absolute Gasteiger partial charge is 0.0786 e. The molecule has 0 spiro atoms. The number of benzene rings is 1. The second-order valence-corrected chi connectivity index (χ2v) is 9.40. The van der Waals surface area contributed by atoms with Crippen molar-refractivity contribution in [1.29, 1.82) is 0 Å². The van der Waals surface area contributed by atoms with E-state index in [1.54, 1.807) is 17.0 Å². The molecule has 0 fully saturated rings. The molecule has 0 heterocycles. The minimum atomic E-state index is -1.15. The highest BCUT2D eigenvalue weighted by Gasteiger charge is 2.24. The fraction of sp³-hybridized carbons (Fsp3) is 0.741. The van der Waals surface area contributed by atoms with Crippen molar-refractivity contribution in [2.75, 3.05) is 64.2 Å². The van der Waals surface area contributed by atoms with Gasteiger partial charge in [-0.3, -0.25) is 0 Å². The van der Waals surface area contributed by atoms with Crippen LogP contribution < -0.4 is 14.9 Å². The summed E-state index contributed by atoms with van der Waals surface area (Å²) in [5.74, 6) is -1.15. The molecule has 0 saturated carbocycles. The molecule has 0 radical (unpaired) electrons. The number of carboxylic acid groups (broad SMARTS) is 1. The first-order valence-corrected chi connectivity index (χ1v) is 12.7. The SMILES string of the molecule is CCCC[N+](CCCC)(CCCC)CCCC.CN(C)c1cccc(C(=O)[O-])c1N(C)C. The van der Waals surface area contributed by atoms with E-state index in [0.717, 1.165) is 5.69 Å². The number of para-hydroxylation sites is 1. The van der Waals surface area contributed by atoms with Crippen LogP contribution in [0.2, 0.25) is 0 Å². The van der Waals surface area contributed by atoms with E-state index in [1.165, 1.54) is 82.0 Å². The first-order chi connectivity index (χ1) is 15.2. The summed E-state index contributed by atoms with van der Waals surface area (Å²) in [6.45, 7) is 15.0. The molecule has 0 aliphatic heterocycles. The molecule has 1 aromatic rings. The van der Waals surface area contributed by atoms with E-state index in [9.17, 15) is 9.90 Å². The standard InChI is InChI=1S/C16H36N.C11H16N2O2/c1-5-9-13-17(14-10-6-2,15-11-7-3)16-12-8-4;1-12(2)9-7-5-6-8(11(14)15)10(9)13(3)4/h5-16H2,1-4H3;5-7H,1-4H3,(H,14,15)/q+1;/p-1. The Hall–Kier alpha value is -1.75. The van der Waals surface area contributed by atoms with Crippen molar-refractivity contribution >= 4 is 17.3 Å². The molecule has 0 bridgehead atoms. The highest BCUT2D eigenvalue weighted by atomic mass is 16.4. The molecule has 0 aliphatic rings. The first kappa shape index (κ1) is 30.2. The van der Waals surface area contributed by atoms with Gasteiger partial charge in [-0.05, 0) is 31.7 Å². The highest BCUT2D eigenvalue weighted by Crippen LogP contribution is 2.30. The van der Waals surface area contributed by atoms with E-state index in [2.05, 4.69) is 27.7 Å². The van der Waals surface area contributed by atoms with E-state index >= 15 is 0 Å². The number of unbranched alkanes of at least 4 members (excludes halogenated alkanes) is 4. The van der Waals surface area contributed by atoms with E-state index in [1.807, 2.05) is 39.2 Å². The number of aromatic carboxylic acids is 1. The highest BCUT2D eigenvalue weighted by molar-refractivity contribution is 5.97. The molecular formula is C27H51N3O2. The van der Waals surface area contributed by atoms with Gasteiger partial charge in [0.25, 0.3) is 0 Å². The third-order valence-electron chi connectivity index (χ3n) is 6.11. The molecule has 1 rings (SSSR count). The Labute approximate surface area is 199 Å². The van der Waals surface area contributed by atoms with Gasteiger partial charge >= 0.3 is 0 Å². The fourth-order valence-corrected chi connectivity index (χ4v) is 4.17. The molecule has 186 valence electrons. The van der Waals surface area contributed by atoms with Crippen LogP contribution in [-0.2, 0) is 0 Å². The number of nitrogens with zero attached hydrogens (tertiary/aromatic N) is 3. The van der Waals surface area contributed by atoms with Crippen LogP contribution in [0.1, 0.15) is 89.4 Å². The normalized spacial score (nSPS) is 11.0. The predicted molar refractivity (Wildman–Crippen MR) is 139 cm³/mol. The average molecular weight is 450 g/mol. The lowest BCUT2D eigenvalue weighted by molar-refractivity contribution is -0.929. The molecular weight excluding hydrogens is 398 g/mol. The van der Waals surface area contributed by atoms with Gasteiger partial charge in [-0.25, -0.2) is 0 Å². The van der Waals surface area contributed by atoms with E-state index in [0.29, 0.717) is 5.69 Å². The Balaban J connectivity index is 0.000000604.